The molecule has 0 aliphatic heterocycles. The van der Waals surface area contributed by atoms with E-state index in [9.17, 15) is 189 Å². The minimum absolute atomic E-state index is 0.636. The number of alkyl halides is 43. The van der Waals surface area contributed by atoms with E-state index in [4.69, 9.17) is 0 Å². The molecule has 1 unspecified atom stereocenters. The van der Waals surface area contributed by atoms with Gasteiger partial charge in [0.15, 0.2) is 0 Å². The summed E-state index contributed by atoms with van der Waals surface area (Å²) in [5, 5.41) is 0. The molecular formula is C25H5F43O2. The van der Waals surface area contributed by atoms with Crippen LogP contribution in [0.5, 0.6) is 0 Å². The lowest BCUT2D eigenvalue weighted by atomic mass is 9.80. The molecule has 0 aromatic carbocycles. The molecule has 0 aromatic rings. The Labute approximate surface area is 349 Å². The fourth-order valence-corrected chi connectivity index (χ4v) is 4.22. The van der Waals surface area contributed by atoms with Gasteiger partial charge in [-0.3, -0.25) is 0 Å². The summed E-state index contributed by atoms with van der Waals surface area (Å²) in [4.78, 5) is 11.5. The maximum atomic E-state index is 15.4. The van der Waals surface area contributed by atoms with Crippen LogP contribution in [0.25, 0.3) is 0 Å². The molecule has 2 nitrogen and oxygen atoms in total. The van der Waals surface area contributed by atoms with Crippen molar-refractivity contribution in [3.05, 3.63) is 12.2 Å². The molecule has 0 saturated carbocycles. The van der Waals surface area contributed by atoms with Crippen LogP contribution < -0.4 is 0 Å². The van der Waals surface area contributed by atoms with Gasteiger partial charge in [-0.1, -0.05) is 6.58 Å². The summed E-state index contributed by atoms with van der Waals surface area (Å²) < 4.78 is 595. The SMILES string of the molecule is C=C(C)C(=O)OC(F)(C(F)(F)C(F)(F)C(F)(F)C(F)(F)C(F)(F)C(F)(F)C(F)(F)C(F)(F)C(F)(F)F)C(F)(F)C(F)(F)C(F)(F)C(F)(F)C(F)(F)C(F)(F)C(F)(F)C(F)(F)C(F)(C(F)(F)F)C(F)(F)F. The van der Waals surface area contributed by atoms with Gasteiger partial charge in [0.1, 0.15) is 0 Å². The topological polar surface area (TPSA) is 26.3 Å². The van der Waals surface area contributed by atoms with Crippen molar-refractivity contribution in [1.29, 1.82) is 0 Å². The molecule has 0 fully saturated rings. The van der Waals surface area contributed by atoms with Gasteiger partial charge in [-0.2, -0.15) is 184 Å². The predicted octanol–water partition coefficient (Wildman–Crippen LogP) is 14.3. The van der Waals surface area contributed by atoms with Gasteiger partial charge in [0, 0.05) is 5.57 Å². The van der Waals surface area contributed by atoms with Crippen LogP contribution in [0.4, 0.5) is 189 Å². The summed E-state index contributed by atoms with van der Waals surface area (Å²) in [7, 11) is 0. The third-order valence-corrected chi connectivity index (χ3v) is 8.48. The second-order valence-electron chi connectivity index (χ2n) is 13.1. The highest BCUT2D eigenvalue weighted by Gasteiger charge is 3.04. The van der Waals surface area contributed by atoms with E-state index in [-0.39, 0.29) is 0 Å². The predicted molar refractivity (Wildman–Crippen MR) is 126 cm³/mol. The molecule has 0 rings (SSSR count). The Kier molecular flexibility index (Phi) is 15.2. The molecule has 0 radical (unpaired) electrons. The molecule has 45 heteroatoms. The van der Waals surface area contributed by atoms with Crippen LogP contribution in [0.15, 0.2) is 12.2 Å². The highest BCUT2D eigenvalue weighted by molar-refractivity contribution is 5.87. The van der Waals surface area contributed by atoms with Crippen molar-refractivity contribution in [1.82, 2.24) is 0 Å². The van der Waals surface area contributed by atoms with Crippen molar-refractivity contribution >= 4 is 5.97 Å². The minimum atomic E-state index is -10.7. The third-order valence-electron chi connectivity index (χ3n) is 8.48. The van der Waals surface area contributed by atoms with E-state index in [2.05, 4.69) is 0 Å². The first kappa shape index (κ1) is 66.2. The van der Waals surface area contributed by atoms with Crippen LogP contribution in [-0.4, -0.2) is 131 Å². The molecule has 0 heterocycles. The zero-order chi connectivity index (χ0) is 58.4. The van der Waals surface area contributed by atoms with Crippen molar-refractivity contribution in [2.45, 2.75) is 132 Å². The minimum Gasteiger partial charge on any atom is -0.413 e. The van der Waals surface area contributed by atoms with E-state index in [0.717, 1.165) is 0 Å². The van der Waals surface area contributed by atoms with Crippen LogP contribution in [0.1, 0.15) is 6.92 Å². The van der Waals surface area contributed by atoms with Gasteiger partial charge in [0.25, 0.3) is 0 Å². The van der Waals surface area contributed by atoms with Crippen molar-refractivity contribution in [3.8, 4) is 0 Å². The lowest BCUT2D eigenvalue weighted by Gasteiger charge is -2.49. The summed E-state index contributed by atoms with van der Waals surface area (Å²) in [5.41, 5.74) is -12.3. The molecule has 0 spiro atoms. The smallest absolute Gasteiger partial charge is 0.413 e. The van der Waals surface area contributed by atoms with Gasteiger partial charge in [-0.15, -0.1) is 0 Å². The Bertz CT molecular complexity index is 1940. The molecule has 0 bridgehead atoms. The van der Waals surface area contributed by atoms with Crippen LogP contribution in [-0.2, 0) is 9.53 Å². The van der Waals surface area contributed by atoms with E-state index >= 15 is 4.39 Å². The zero-order valence-electron chi connectivity index (χ0n) is 30.3. The lowest BCUT2D eigenvalue weighted by molar-refractivity contribution is -0.504. The Morgan fingerprint density at radius 2 is 0.414 bits per heavy atom. The van der Waals surface area contributed by atoms with Crippen LogP contribution in [0.3, 0.4) is 0 Å². The van der Waals surface area contributed by atoms with E-state index in [1.165, 1.54) is 0 Å². The molecular weight excluding hydrogens is 1150 g/mol. The molecule has 0 N–H and O–H groups in total. The summed E-state index contributed by atoms with van der Waals surface area (Å²) in [6.45, 7) is 1.12. The van der Waals surface area contributed by atoms with Crippen molar-refractivity contribution < 1.29 is 198 Å². The third kappa shape index (κ3) is 7.48. The number of carbonyl (C=O) groups is 1. The second kappa shape index (κ2) is 16.1. The Morgan fingerprint density at radius 3 is 0.571 bits per heavy atom. The van der Waals surface area contributed by atoms with E-state index in [1.807, 2.05) is 0 Å². The first-order chi connectivity index (χ1) is 29.3. The molecule has 1 atom stereocenters. The normalized spacial score (nSPS) is 17.7. The van der Waals surface area contributed by atoms with Gasteiger partial charge >= 0.3 is 131 Å². The van der Waals surface area contributed by atoms with Gasteiger partial charge < -0.3 is 4.74 Å². The number of rotatable bonds is 19. The average Bonchev–Trinajstić information content (AvgIpc) is 3.11. The Hall–Kier alpha value is -3.80. The highest BCUT2D eigenvalue weighted by atomic mass is 19.5. The number of halogens is 43. The molecule has 0 aliphatic carbocycles. The van der Waals surface area contributed by atoms with Gasteiger partial charge in [0.2, 0.25) is 0 Å². The van der Waals surface area contributed by atoms with E-state index in [0.29, 0.717) is 0 Å². The number of hydrogen-bond donors (Lipinski definition) is 0. The average molecular weight is 1150 g/mol. The lowest BCUT2D eigenvalue weighted by Crippen LogP contribution is -2.82. The first-order valence-electron chi connectivity index (χ1n) is 14.8. The number of carbonyl (C=O) groups excluding carboxylic acids is 1. The molecule has 0 aromatic heterocycles. The molecule has 0 amide bonds. The van der Waals surface area contributed by atoms with Crippen LogP contribution in [0.2, 0.25) is 0 Å². The standard InChI is InChI=1S/C25H5F43O2/c1-3(2)4(69)70-22(59,20(55,56)17(49,50)14(43,44)11(37,38)12(39,40)15(45,46)18(51,52)21(57,58)25(66,67)68)19(53,54)16(47,48)13(41,42)10(35,36)9(33,34)8(31,32)7(29,30)6(27,28)5(26,23(60,61)62)24(63,64)65/h1H2,2H3. The largest absolute Gasteiger partial charge is 0.460 e. The van der Waals surface area contributed by atoms with Crippen LogP contribution >= 0.6 is 0 Å². The second-order valence-corrected chi connectivity index (χ2v) is 13.1. The maximum absolute atomic E-state index is 15.4. The first-order valence-corrected chi connectivity index (χ1v) is 14.8. The van der Waals surface area contributed by atoms with Gasteiger partial charge in [-0.05, 0) is 6.92 Å². The highest BCUT2D eigenvalue weighted by Crippen LogP contribution is 2.72. The number of ether oxygens (including phenoxy) is 1. The monoisotopic (exact) mass is 1150 g/mol. The number of hydrogen-bond acceptors (Lipinski definition) is 2. The summed E-state index contributed by atoms with van der Waals surface area (Å²) >= 11 is 0. The van der Waals surface area contributed by atoms with E-state index in [1.54, 1.807) is 11.3 Å². The summed E-state index contributed by atoms with van der Waals surface area (Å²) in [6.07, 6.45) is -26.7. The fraction of sp³-hybridized carbons (Fsp3) is 0.880. The quantitative estimate of drug-likeness (QED) is 0.0732. The van der Waals surface area contributed by atoms with Crippen molar-refractivity contribution in [3.63, 3.8) is 0 Å². The summed E-state index contributed by atoms with van der Waals surface area (Å²) in [6, 6.07) is 0. The Morgan fingerprint density at radius 1 is 0.257 bits per heavy atom. The fourth-order valence-electron chi connectivity index (χ4n) is 4.22. The number of esters is 1. The molecule has 0 saturated heterocycles. The molecule has 0 aliphatic rings. The molecule has 70 heavy (non-hydrogen) atoms. The van der Waals surface area contributed by atoms with Crippen LogP contribution in [0, 0.1) is 0 Å². The van der Waals surface area contributed by atoms with E-state index < -0.39 is 143 Å². The molecule has 418 valence electrons. The van der Waals surface area contributed by atoms with Gasteiger partial charge in [-0.25, -0.2) is 9.18 Å². The zero-order valence-corrected chi connectivity index (χ0v) is 30.3. The maximum Gasteiger partial charge on any atom is 0.460 e. The summed E-state index contributed by atoms with van der Waals surface area (Å²) in [5.74, 6) is -179. The van der Waals surface area contributed by atoms with Crippen molar-refractivity contribution in [2.24, 2.45) is 0 Å². The van der Waals surface area contributed by atoms with Gasteiger partial charge in [0.05, 0.1) is 0 Å². The van der Waals surface area contributed by atoms with Crippen molar-refractivity contribution in [2.75, 3.05) is 0 Å². The Balaban J connectivity index is 8.72.